The number of ether oxygens (including phenoxy) is 1. The van der Waals surface area contributed by atoms with Gasteiger partial charge in [0.05, 0.1) is 12.2 Å². The van der Waals surface area contributed by atoms with E-state index in [4.69, 9.17) is 4.74 Å². The first-order chi connectivity index (χ1) is 12.6. The number of hydrogen-bond acceptors (Lipinski definition) is 3. The van der Waals surface area contributed by atoms with Gasteiger partial charge in [0.15, 0.2) is 0 Å². The van der Waals surface area contributed by atoms with E-state index in [1.165, 1.54) is 12.8 Å². The van der Waals surface area contributed by atoms with Gasteiger partial charge in [-0.05, 0) is 37.6 Å². The van der Waals surface area contributed by atoms with Crippen LogP contribution >= 0.6 is 0 Å². The van der Waals surface area contributed by atoms with E-state index in [0.717, 1.165) is 18.4 Å². The average Bonchev–Trinajstić information content (AvgIpc) is 2.66. The number of hydrogen-bond donors (Lipinski definition) is 2. The van der Waals surface area contributed by atoms with Crippen molar-refractivity contribution in [1.82, 2.24) is 10.9 Å². The van der Waals surface area contributed by atoms with Crippen LogP contribution in [-0.4, -0.2) is 18.4 Å². The maximum Gasteiger partial charge on any atom is 0.273 e. The Hall–Kier alpha value is -2.82. The highest BCUT2D eigenvalue weighted by atomic mass is 16.5. The maximum atomic E-state index is 12.4. The van der Waals surface area contributed by atoms with Crippen LogP contribution in [-0.2, 0) is 0 Å². The van der Waals surface area contributed by atoms with E-state index in [9.17, 15) is 9.59 Å². The summed E-state index contributed by atoms with van der Waals surface area (Å²) in [5.74, 6) is -0.253. The highest BCUT2D eigenvalue weighted by Gasteiger charge is 2.13. The quantitative estimate of drug-likeness (QED) is 0.555. The van der Waals surface area contributed by atoms with Crippen LogP contribution in [0.15, 0.2) is 48.5 Å². The van der Waals surface area contributed by atoms with Crippen molar-refractivity contribution in [3.05, 3.63) is 65.2 Å². The fraction of sp³-hybridized carbons (Fsp3) is 0.333. The van der Waals surface area contributed by atoms with Gasteiger partial charge in [0.1, 0.15) is 5.75 Å². The summed E-state index contributed by atoms with van der Waals surface area (Å²) in [6.45, 7) is 4.67. The van der Waals surface area contributed by atoms with E-state index in [2.05, 4.69) is 17.8 Å². The second-order valence-electron chi connectivity index (χ2n) is 6.18. The Morgan fingerprint density at radius 2 is 1.58 bits per heavy atom. The summed E-state index contributed by atoms with van der Waals surface area (Å²) in [7, 11) is 0. The smallest absolute Gasteiger partial charge is 0.273 e. The van der Waals surface area contributed by atoms with Crippen molar-refractivity contribution in [2.45, 2.75) is 39.5 Å². The van der Waals surface area contributed by atoms with Crippen LogP contribution in [0.4, 0.5) is 0 Å². The summed E-state index contributed by atoms with van der Waals surface area (Å²) in [6.07, 6.45) is 4.40. The van der Waals surface area contributed by atoms with E-state index in [0.29, 0.717) is 23.5 Å². The number of amides is 2. The molecule has 0 aromatic heterocycles. The number of benzene rings is 2. The predicted molar refractivity (Wildman–Crippen MR) is 102 cm³/mol. The normalized spacial score (nSPS) is 10.2. The topological polar surface area (TPSA) is 67.4 Å². The van der Waals surface area contributed by atoms with Gasteiger partial charge in [-0.3, -0.25) is 20.4 Å². The first kappa shape index (κ1) is 19.5. The van der Waals surface area contributed by atoms with Crippen molar-refractivity contribution in [3.8, 4) is 5.75 Å². The molecule has 2 rings (SSSR count). The van der Waals surface area contributed by atoms with Crippen molar-refractivity contribution < 1.29 is 14.3 Å². The van der Waals surface area contributed by atoms with Crippen molar-refractivity contribution in [2.75, 3.05) is 6.61 Å². The van der Waals surface area contributed by atoms with Gasteiger partial charge in [0.25, 0.3) is 11.8 Å². The van der Waals surface area contributed by atoms with Crippen LogP contribution in [0.3, 0.4) is 0 Å². The zero-order chi connectivity index (χ0) is 18.8. The Morgan fingerprint density at radius 1 is 0.885 bits per heavy atom. The fourth-order valence-corrected chi connectivity index (χ4v) is 2.45. The zero-order valence-corrected chi connectivity index (χ0v) is 15.4. The van der Waals surface area contributed by atoms with Crippen molar-refractivity contribution >= 4 is 11.8 Å². The summed E-state index contributed by atoms with van der Waals surface area (Å²) in [4.78, 5) is 24.5. The average molecular weight is 354 g/mol. The lowest BCUT2D eigenvalue weighted by molar-refractivity contribution is 0.0844. The second-order valence-corrected chi connectivity index (χ2v) is 6.18. The summed E-state index contributed by atoms with van der Waals surface area (Å²) in [5, 5.41) is 0. The van der Waals surface area contributed by atoms with Gasteiger partial charge >= 0.3 is 0 Å². The molecule has 0 radical (unpaired) electrons. The maximum absolute atomic E-state index is 12.4. The molecule has 0 saturated carbocycles. The Kier molecular flexibility index (Phi) is 7.68. The number of unbranched alkanes of at least 4 members (excludes halogenated alkanes) is 3. The molecule has 5 heteroatoms. The molecule has 0 fully saturated rings. The molecule has 2 N–H and O–H groups in total. The molecular weight excluding hydrogens is 328 g/mol. The monoisotopic (exact) mass is 354 g/mol. The van der Waals surface area contributed by atoms with Gasteiger partial charge in [0, 0.05) is 5.56 Å². The van der Waals surface area contributed by atoms with E-state index >= 15 is 0 Å². The summed E-state index contributed by atoms with van der Waals surface area (Å²) in [6, 6.07) is 14.1. The van der Waals surface area contributed by atoms with Crippen LogP contribution in [0.1, 0.15) is 58.9 Å². The first-order valence-corrected chi connectivity index (χ1v) is 9.01. The van der Waals surface area contributed by atoms with E-state index in [-0.39, 0.29) is 5.91 Å². The summed E-state index contributed by atoms with van der Waals surface area (Å²) >= 11 is 0. The minimum atomic E-state index is -0.408. The highest BCUT2D eigenvalue weighted by Crippen LogP contribution is 2.18. The molecule has 0 spiro atoms. The van der Waals surface area contributed by atoms with Crippen molar-refractivity contribution in [3.63, 3.8) is 0 Å². The minimum absolute atomic E-state index is 0.365. The van der Waals surface area contributed by atoms with Gasteiger partial charge in [0.2, 0.25) is 0 Å². The third-order valence-corrected chi connectivity index (χ3v) is 3.99. The summed E-state index contributed by atoms with van der Waals surface area (Å²) < 4.78 is 5.74. The largest absolute Gasteiger partial charge is 0.493 e. The molecule has 0 bridgehead atoms. The van der Waals surface area contributed by atoms with Crippen LogP contribution < -0.4 is 15.6 Å². The number of nitrogens with one attached hydrogen (secondary N) is 2. The molecule has 0 unspecified atom stereocenters. The van der Waals surface area contributed by atoms with Crippen LogP contribution in [0.2, 0.25) is 0 Å². The van der Waals surface area contributed by atoms with Crippen molar-refractivity contribution in [2.24, 2.45) is 0 Å². The number of aryl methyl sites for hydroxylation is 1. The van der Waals surface area contributed by atoms with Gasteiger partial charge in [-0.15, -0.1) is 0 Å². The fourth-order valence-electron chi connectivity index (χ4n) is 2.45. The molecule has 138 valence electrons. The standard InChI is InChI=1S/C21H26N2O3/c1-3-4-5-8-15-26-19-10-7-6-9-18(19)21(25)23-22-20(24)17-13-11-16(2)12-14-17/h6-7,9-14H,3-5,8,15H2,1-2H3,(H,22,24)(H,23,25). The first-order valence-electron chi connectivity index (χ1n) is 9.01. The Morgan fingerprint density at radius 3 is 2.31 bits per heavy atom. The Balaban J connectivity index is 1.90. The molecule has 5 nitrogen and oxygen atoms in total. The van der Waals surface area contributed by atoms with Gasteiger partial charge in [-0.1, -0.05) is 56.0 Å². The number of hydrazine groups is 1. The number of rotatable bonds is 8. The molecule has 0 aliphatic carbocycles. The molecule has 0 atom stereocenters. The van der Waals surface area contributed by atoms with E-state index < -0.39 is 5.91 Å². The van der Waals surface area contributed by atoms with Crippen molar-refractivity contribution in [1.29, 1.82) is 0 Å². The molecule has 2 amide bonds. The molecule has 0 saturated heterocycles. The molecule has 26 heavy (non-hydrogen) atoms. The summed E-state index contributed by atoms with van der Waals surface area (Å²) in [5.41, 5.74) is 6.82. The number of carbonyl (C=O) groups is 2. The predicted octanol–water partition coefficient (Wildman–Crippen LogP) is 4.03. The Bertz CT molecular complexity index is 726. The Labute approximate surface area is 154 Å². The molecule has 0 heterocycles. The third-order valence-electron chi connectivity index (χ3n) is 3.99. The van der Waals surface area contributed by atoms with E-state index in [1.54, 1.807) is 30.3 Å². The molecule has 2 aromatic rings. The van der Waals surface area contributed by atoms with Gasteiger partial charge in [-0.2, -0.15) is 0 Å². The second kappa shape index (κ2) is 10.2. The van der Waals surface area contributed by atoms with Crippen LogP contribution in [0, 0.1) is 6.92 Å². The number of para-hydroxylation sites is 1. The van der Waals surface area contributed by atoms with Crippen LogP contribution in [0.5, 0.6) is 5.75 Å². The third kappa shape index (κ3) is 5.92. The molecular formula is C21H26N2O3. The van der Waals surface area contributed by atoms with Gasteiger partial charge < -0.3 is 4.74 Å². The van der Waals surface area contributed by atoms with E-state index in [1.807, 2.05) is 25.1 Å². The molecule has 2 aromatic carbocycles. The molecule has 0 aliphatic rings. The lowest BCUT2D eigenvalue weighted by Crippen LogP contribution is -2.41. The lowest BCUT2D eigenvalue weighted by Gasteiger charge is -2.12. The molecule has 0 aliphatic heterocycles. The highest BCUT2D eigenvalue weighted by molar-refractivity contribution is 6.00. The minimum Gasteiger partial charge on any atom is -0.493 e. The lowest BCUT2D eigenvalue weighted by atomic mass is 10.1. The van der Waals surface area contributed by atoms with Gasteiger partial charge in [-0.25, -0.2) is 0 Å². The SMILES string of the molecule is CCCCCCOc1ccccc1C(=O)NNC(=O)c1ccc(C)cc1. The number of carbonyl (C=O) groups excluding carboxylic acids is 2. The van der Waals surface area contributed by atoms with Crippen LogP contribution in [0.25, 0.3) is 0 Å². The zero-order valence-electron chi connectivity index (χ0n) is 15.4.